The van der Waals surface area contributed by atoms with Gasteiger partial charge in [-0.25, -0.2) is 18.2 Å². The second-order valence-corrected chi connectivity index (χ2v) is 7.87. The van der Waals surface area contributed by atoms with Gasteiger partial charge in [-0.3, -0.25) is 9.69 Å². The van der Waals surface area contributed by atoms with Gasteiger partial charge < -0.3 is 9.88 Å². The Morgan fingerprint density at radius 1 is 1.35 bits per heavy atom. The molecule has 1 unspecified atom stereocenters. The van der Waals surface area contributed by atoms with Crippen molar-refractivity contribution >= 4 is 22.0 Å². The fourth-order valence-electron chi connectivity index (χ4n) is 2.81. The topological polar surface area (TPSA) is 105 Å². The van der Waals surface area contributed by atoms with Crippen LogP contribution in [-0.2, 0) is 14.8 Å². The van der Waals surface area contributed by atoms with Gasteiger partial charge in [-0.15, -0.1) is 0 Å². The molecule has 0 aromatic carbocycles. The van der Waals surface area contributed by atoms with Crippen LogP contribution in [0.1, 0.15) is 26.3 Å². The second kappa shape index (κ2) is 5.60. The number of rotatable bonds is 4. The predicted octanol–water partition coefficient (Wildman–Crippen LogP) is -0.221. The van der Waals surface area contributed by atoms with Gasteiger partial charge in [-0.2, -0.15) is 4.31 Å². The van der Waals surface area contributed by atoms with Gasteiger partial charge in [0.2, 0.25) is 5.91 Å². The van der Waals surface area contributed by atoms with Crippen LogP contribution in [0.2, 0.25) is 0 Å². The third kappa shape index (κ3) is 2.72. The molecule has 3 rings (SSSR count). The third-order valence-electron chi connectivity index (χ3n) is 4.15. The van der Waals surface area contributed by atoms with Crippen LogP contribution in [-0.4, -0.2) is 64.8 Å². The van der Waals surface area contributed by atoms with Crippen molar-refractivity contribution in [2.75, 3.05) is 19.6 Å². The number of aromatic nitrogens is 2. The summed E-state index contributed by atoms with van der Waals surface area (Å²) in [7, 11) is -3.72. The normalized spacial score (nSPS) is 23.1. The van der Waals surface area contributed by atoms with Crippen molar-refractivity contribution in [1.29, 1.82) is 0 Å². The Morgan fingerprint density at radius 2 is 2.09 bits per heavy atom. The molecule has 3 amide bonds. The quantitative estimate of drug-likeness (QED) is 0.762. The number of nitrogens with zero attached hydrogens (tertiary/aromatic N) is 4. The molecule has 1 atom stereocenters. The first kappa shape index (κ1) is 15.9. The van der Waals surface area contributed by atoms with E-state index in [0.29, 0.717) is 6.42 Å². The Kier molecular flexibility index (Phi) is 3.88. The van der Waals surface area contributed by atoms with E-state index in [1.807, 2.05) is 13.8 Å². The molecule has 1 N–H and O–H groups in total. The average Bonchev–Trinajstić information content (AvgIpc) is 3.18. The number of carbonyl (C=O) groups excluding carboxylic acids is 2. The molecule has 0 spiro atoms. The maximum atomic E-state index is 12.6. The summed E-state index contributed by atoms with van der Waals surface area (Å²) in [6.45, 7) is 4.21. The van der Waals surface area contributed by atoms with Crippen molar-refractivity contribution < 1.29 is 18.0 Å². The molecule has 2 aliphatic heterocycles. The SMILES string of the molecule is CC(C)n1cnc(S(=O)(=O)N2CCC(N3C(=O)CNC3=O)C2)c1. The molecule has 23 heavy (non-hydrogen) atoms. The number of amides is 3. The number of urea groups is 1. The van der Waals surface area contributed by atoms with Crippen LogP contribution in [0.15, 0.2) is 17.6 Å². The molecule has 10 heteroatoms. The number of hydrogen-bond acceptors (Lipinski definition) is 5. The van der Waals surface area contributed by atoms with E-state index in [0.717, 1.165) is 4.90 Å². The monoisotopic (exact) mass is 341 g/mol. The smallest absolute Gasteiger partial charge is 0.324 e. The van der Waals surface area contributed by atoms with Gasteiger partial charge in [0.1, 0.15) is 0 Å². The van der Waals surface area contributed by atoms with Crippen LogP contribution >= 0.6 is 0 Å². The summed E-state index contributed by atoms with van der Waals surface area (Å²) >= 11 is 0. The highest BCUT2D eigenvalue weighted by atomic mass is 32.2. The Balaban J connectivity index is 1.77. The van der Waals surface area contributed by atoms with E-state index in [4.69, 9.17) is 0 Å². The molecule has 9 nitrogen and oxygen atoms in total. The Morgan fingerprint density at radius 3 is 2.65 bits per heavy atom. The second-order valence-electron chi connectivity index (χ2n) is 5.98. The number of imide groups is 1. The summed E-state index contributed by atoms with van der Waals surface area (Å²) in [5.74, 6) is -0.316. The van der Waals surface area contributed by atoms with Gasteiger partial charge in [0.25, 0.3) is 10.0 Å². The summed E-state index contributed by atoms with van der Waals surface area (Å²) in [4.78, 5) is 28.5. The fraction of sp³-hybridized carbons (Fsp3) is 0.615. The van der Waals surface area contributed by atoms with E-state index >= 15 is 0 Å². The van der Waals surface area contributed by atoms with Gasteiger partial charge in [-0.1, -0.05) is 0 Å². The molecule has 0 radical (unpaired) electrons. The molecule has 0 aliphatic carbocycles. The highest BCUT2D eigenvalue weighted by Gasteiger charge is 2.42. The molecule has 1 aromatic heterocycles. The Bertz CT molecular complexity index is 725. The van der Waals surface area contributed by atoms with Crippen LogP contribution < -0.4 is 5.32 Å². The molecule has 126 valence electrons. The number of sulfonamides is 1. The van der Waals surface area contributed by atoms with Gasteiger partial charge in [0, 0.05) is 25.3 Å². The van der Waals surface area contributed by atoms with E-state index in [-0.39, 0.29) is 36.6 Å². The molecule has 1 aromatic rings. The van der Waals surface area contributed by atoms with E-state index in [1.54, 1.807) is 4.57 Å². The number of carbonyl (C=O) groups is 2. The highest BCUT2D eigenvalue weighted by molar-refractivity contribution is 7.89. The van der Waals surface area contributed by atoms with Crippen molar-refractivity contribution in [2.45, 2.75) is 37.4 Å². The molecule has 0 saturated carbocycles. The first-order valence-electron chi connectivity index (χ1n) is 7.44. The highest BCUT2D eigenvalue weighted by Crippen LogP contribution is 2.24. The summed E-state index contributed by atoms with van der Waals surface area (Å²) in [6, 6.07) is -0.765. The standard InChI is InChI=1S/C13H19N5O4S/c1-9(2)16-7-11(15-8-16)23(21,22)17-4-3-10(6-17)18-12(19)5-14-13(18)20/h7-10H,3-6H2,1-2H3,(H,14,20). The summed E-state index contributed by atoms with van der Waals surface area (Å²) < 4.78 is 28.3. The molecule has 2 aliphatic rings. The first-order chi connectivity index (χ1) is 10.8. The van der Waals surface area contributed by atoms with E-state index in [9.17, 15) is 18.0 Å². The molecule has 3 heterocycles. The number of imidazole rings is 1. The lowest BCUT2D eigenvalue weighted by Crippen LogP contribution is -2.42. The summed E-state index contributed by atoms with van der Waals surface area (Å²) in [5.41, 5.74) is 0. The molecule has 0 bridgehead atoms. The number of nitrogens with one attached hydrogen (secondary N) is 1. The molecular formula is C13H19N5O4S. The van der Waals surface area contributed by atoms with Crippen molar-refractivity contribution in [2.24, 2.45) is 0 Å². The van der Waals surface area contributed by atoms with Crippen LogP contribution in [0.25, 0.3) is 0 Å². The Labute approximate surface area is 134 Å². The molecular weight excluding hydrogens is 322 g/mol. The maximum absolute atomic E-state index is 12.6. The number of hydrogen-bond donors (Lipinski definition) is 1. The zero-order valence-electron chi connectivity index (χ0n) is 13.0. The van der Waals surface area contributed by atoms with Gasteiger partial charge >= 0.3 is 6.03 Å². The molecule has 2 saturated heterocycles. The first-order valence-corrected chi connectivity index (χ1v) is 8.88. The molecule has 2 fully saturated rings. The fourth-order valence-corrected chi connectivity index (χ4v) is 4.22. The minimum Gasteiger partial charge on any atom is -0.334 e. The van der Waals surface area contributed by atoms with E-state index < -0.39 is 22.1 Å². The minimum absolute atomic E-state index is 0.0101. The third-order valence-corrected chi connectivity index (χ3v) is 5.90. The van der Waals surface area contributed by atoms with Gasteiger partial charge in [0.05, 0.1) is 18.9 Å². The van der Waals surface area contributed by atoms with Gasteiger partial charge in [0.15, 0.2) is 5.03 Å². The van der Waals surface area contributed by atoms with Crippen LogP contribution in [0.3, 0.4) is 0 Å². The van der Waals surface area contributed by atoms with E-state index in [2.05, 4.69) is 10.3 Å². The lowest BCUT2D eigenvalue weighted by molar-refractivity contribution is -0.126. The van der Waals surface area contributed by atoms with Crippen molar-refractivity contribution in [3.05, 3.63) is 12.5 Å². The van der Waals surface area contributed by atoms with Gasteiger partial charge in [-0.05, 0) is 20.3 Å². The van der Waals surface area contributed by atoms with E-state index in [1.165, 1.54) is 16.8 Å². The van der Waals surface area contributed by atoms with Crippen molar-refractivity contribution in [3.63, 3.8) is 0 Å². The summed E-state index contributed by atoms with van der Waals surface area (Å²) in [5, 5.41) is 2.44. The largest absolute Gasteiger partial charge is 0.334 e. The van der Waals surface area contributed by atoms with Crippen LogP contribution in [0, 0.1) is 0 Å². The van der Waals surface area contributed by atoms with Crippen molar-refractivity contribution in [3.8, 4) is 0 Å². The van der Waals surface area contributed by atoms with Crippen LogP contribution in [0.4, 0.5) is 4.79 Å². The van der Waals surface area contributed by atoms with Crippen molar-refractivity contribution in [1.82, 2.24) is 24.1 Å². The predicted molar refractivity (Wildman–Crippen MR) is 80.0 cm³/mol. The lowest BCUT2D eigenvalue weighted by Gasteiger charge is -2.21. The zero-order chi connectivity index (χ0) is 16.8. The average molecular weight is 341 g/mol. The Hall–Kier alpha value is -1.94. The zero-order valence-corrected chi connectivity index (χ0v) is 13.8. The minimum atomic E-state index is -3.72. The van der Waals surface area contributed by atoms with Crippen LogP contribution in [0.5, 0.6) is 0 Å². The summed E-state index contributed by atoms with van der Waals surface area (Å²) in [6.07, 6.45) is 3.42. The maximum Gasteiger partial charge on any atom is 0.324 e. The lowest BCUT2D eigenvalue weighted by atomic mass is 10.2.